The molecule has 11 heteroatoms. The second kappa shape index (κ2) is 13.7. The molecule has 0 bridgehead atoms. The molecule has 10 nitrogen and oxygen atoms in total. The first-order valence-corrected chi connectivity index (χ1v) is 16.7. The summed E-state index contributed by atoms with van der Waals surface area (Å²) < 4.78 is 29.7. The zero-order chi connectivity index (χ0) is 35.9. The third kappa shape index (κ3) is 6.03. The van der Waals surface area contributed by atoms with Gasteiger partial charge in [0.15, 0.2) is 22.4 Å². The van der Waals surface area contributed by atoms with Crippen LogP contribution in [0, 0.1) is 5.92 Å². The van der Waals surface area contributed by atoms with E-state index in [0.29, 0.717) is 29.4 Å². The second-order valence-corrected chi connectivity index (χ2v) is 12.8. The van der Waals surface area contributed by atoms with E-state index in [2.05, 4.69) is 10.6 Å². The fraction of sp³-hybridized carbons (Fsp3) is 0.225. The summed E-state index contributed by atoms with van der Waals surface area (Å²) >= 11 is 5.87. The summed E-state index contributed by atoms with van der Waals surface area (Å²) in [4.78, 5) is 25.0. The Morgan fingerprint density at radius 1 is 0.961 bits per heavy atom. The third-order valence-corrected chi connectivity index (χ3v) is 9.84. The maximum atomic E-state index is 12.9. The molecular formula is C40H36N2O8S. The van der Waals surface area contributed by atoms with Gasteiger partial charge in [0.2, 0.25) is 11.2 Å². The number of aromatic hydroxyl groups is 1. The molecule has 51 heavy (non-hydrogen) atoms. The van der Waals surface area contributed by atoms with Crippen LogP contribution in [0.5, 0.6) is 17.2 Å². The van der Waals surface area contributed by atoms with Crippen molar-refractivity contribution in [2.75, 3.05) is 33.8 Å². The van der Waals surface area contributed by atoms with Crippen molar-refractivity contribution in [2.45, 2.75) is 24.2 Å². The Labute approximate surface area is 300 Å². The molecule has 4 atom stereocenters. The zero-order valence-electron chi connectivity index (χ0n) is 28.4. The van der Waals surface area contributed by atoms with E-state index in [-0.39, 0.29) is 39.7 Å². The number of fused-ring (bicyclic) bond motifs is 4. The summed E-state index contributed by atoms with van der Waals surface area (Å²) in [7, 11) is 6.18. The number of phenolic OH excluding ortho intramolecular Hbond substituents is 1. The van der Waals surface area contributed by atoms with Crippen LogP contribution < -0.4 is 25.5 Å². The minimum Gasteiger partial charge on any atom is -0.508 e. The van der Waals surface area contributed by atoms with Crippen molar-refractivity contribution >= 4 is 40.5 Å². The number of ether oxygens (including phenoxy) is 5. The number of phenols is 1. The smallest absolute Gasteiger partial charge is 0.229 e. The first-order chi connectivity index (χ1) is 24.7. The number of anilines is 1. The lowest BCUT2D eigenvalue weighted by molar-refractivity contribution is -0.110. The Bertz CT molecular complexity index is 2150. The molecule has 0 saturated heterocycles. The lowest BCUT2D eigenvalue weighted by atomic mass is 9.76. The molecule has 3 N–H and O–H groups in total. The molecule has 0 fully saturated rings. The Balaban J connectivity index is 1.18. The highest BCUT2D eigenvalue weighted by molar-refractivity contribution is 7.80. The zero-order valence-corrected chi connectivity index (χ0v) is 29.2. The van der Waals surface area contributed by atoms with Gasteiger partial charge in [-0.1, -0.05) is 42.5 Å². The van der Waals surface area contributed by atoms with Crippen LogP contribution >= 0.6 is 12.2 Å². The number of carbonyl (C=O) groups excluding carboxylic acids is 1. The fourth-order valence-corrected chi connectivity index (χ4v) is 7.60. The van der Waals surface area contributed by atoms with Crippen LogP contribution in [0.2, 0.25) is 0 Å². The van der Waals surface area contributed by atoms with Crippen molar-refractivity contribution in [3.63, 3.8) is 0 Å². The van der Waals surface area contributed by atoms with Gasteiger partial charge in [-0.05, 0) is 89.0 Å². The van der Waals surface area contributed by atoms with E-state index >= 15 is 0 Å². The molecule has 0 spiro atoms. The Morgan fingerprint density at radius 3 is 2.49 bits per heavy atom. The van der Waals surface area contributed by atoms with Crippen molar-refractivity contribution in [3.8, 4) is 17.2 Å². The summed E-state index contributed by atoms with van der Waals surface area (Å²) in [5.41, 5.74) is 4.23. The molecule has 260 valence electrons. The van der Waals surface area contributed by atoms with E-state index in [4.69, 9.17) is 35.9 Å². The topological polar surface area (TPSA) is 125 Å². The Hall–Kier alpha value is -5.49. The van der Waals surface area contributed by atoms with Crippen molar-refractivity contribution in [3.05, 3.63) is 141 Å². The van der Waals surface area contributed by atoms with Gasteiger partial charge in [0.25, 0.3) is 0 Å². The average Bonchev–Trinajstić information content (AvgIpc) is 3.38. The molecule has 3 aromatic carbocycles. The predicted molar refractivity (Wildman–Crippen MR) is 198 cm³/mol. The molecule has 0 aromatic heterocycles. The molecule has 1 aliphatic heterocycles. The van der Waals surface area contributed by atoms with Gasteiger partial charge in [0, 0.05) is 49.4 Å². The lowest BCUT2D eigenvalue weighted by Gasteiger charge is -2.44. The fourth-order valence-electron chi connectivity index (χ4n) is 7.33. The van der Waals surface area contributed by atoms with Crippen LogP contribution in [0.3, 0.4) is 0 Å². The first kappa shape index (κ1) is 34.0. The van der Waals surface area contributed by atoms with E-state index < -0.39 is 11.8 Å². The third-order valence-electron chi connectivity index (χ3n) is 9.64. The van der Waals surface area contributed by atoms with Gasteiger partial charge < -0.3 is 39.4 Å². The van der Waals surface area contributed by atoms with Crippen molar-refractivity contribution < 1.29 is 33.6 Å². The highest BCUT2D eigenvalue weighted by Crippen LogP contribution is 2.48. The number of hydrogen-bond acceptors (Lipinski definition) is 9. The Kier molecular flexibility index (Phi) is 9.11. The number of carbonyl (C=O) groups is 1. The number of ketones is 1. The van der Waals surface area contributed by atoms with Gasteiger partial charge in [-0.2, -0.15) is 0 Å². The van der Waals surface area contributed by atoms with Gasteiger partial charge in [-0.15, -0.1) is 0 Å². The summed E-state index contributed by atoms with van der Waals surface area (Å²) in [5, 5.41) is 17.0. The van der Waals surface area contributed by atoms with E-state index in [1.807, 2.05) is 60.7 Å². The number of nitrogens with one attached hydrogen (secondary N) is 2. The van der Waals surface area contributed by atoms with Crippen LogP contribution in [0.4, 0.5) is 5.69 Å². The predicted octanol–water partition coefficient (Wildman–Crippen LogP) is 5.98. The highest BCUT2D eigenvalue weighted by Gasteiger charge is 2.51. The molecule has 4 aliphatic rings. The molecule has 3 unspecified atom stereocenters. The largest absolute Gasteiger partial charge is 0.508 e. The summed E-state index contributed by atoms with van der Waals surface area (Å²) in [6, 6.07) is 18.0. The van der Waals surface area contributed by atoms with Gasteiger partial charge in [-0.25, -0.2) is 0 Å². The normalized spacial score (nSPS) is 22.9. The molecule has 3 aliphatic carbocycles. The average molecular weight is 705 g/mol. The number of thiocarbonyl (C=S) groups is 1. The van der Waals surface area contributed by atoms with Gasteiger partial charge in [0.1, 0.15) is 23.4 Å². The number of allylic oxidation sites excluding steroid dienone is 6. The van der Waals surface area contributed by atoms with E-state index in [9.17, 15) is 14.7 Å². The quantitative estimate of drug-likeness (QED) is 0.199. The van der Waals surface area contributed by atoms with E-state index in [0.717, 1.165) is 33.4 Å². The molecular weight excluding hydrogens is 669 g/mol. The van der Waals surface area contributed by atoms with Crippen molar-refractivity contribution in [1.82, 2.24) is 5.32 Å². The van der Waals surface area contributed by atoms with Gasteiger partial charge >= 0.3 is 0 Å². The number of rotatable bonds is 7. The van der Waals surface area contributed by atoms with E-state index in [1.165, 1.54) is 13.2 Å². The molecule has 0 saturated carbocycles. The molecule has 7 rings (SSSR count). The van der Waals surface area contributed by atoms with Gasteiger partial charge in [-0.3, -0.25) is 9.59 Å². The maximum Gasteiger partial charge on any atom is 0.229 e. The number of benzene rings is 2. The maximum absolute atomic E-state index is 12.9. The standard InChI is InChI=1S/C40H36N2O8S/c1-46-32-17-16-28-23(18-31(32)45)6-5-7-24-19-35(47-2)40(49-4,38(48-3)37(24)28)42-39(51)41-25-10-8-22(9-11-25)36-29-14-12-26(43)20-33(29)50-34-21-27(44)13-15-30(34)36/h5-6,8-21,29,36,38,44H,7H2,1-4H3,(H2,41,42,51)/t29?,36?,38?,40-/m1/s1. The molecule has 0 radical (unpaired) electrons. The van der Waals surface area contributed by atoms with E-state index in [1.54, 1.807) is 51.7 Å². The highest BCUT2D eigenvalue weighted by atomic mass is 32.1. The van der Waals surface area contributed by atoms with Crippen LogP contribution in [0.1, 0.15) is 34.6 Å². The van der Waals surface area contributed by atoms with Crippen molar-refractivity contribution in [2.24, 2.45) is 5.92 Å². The minimum atomic E-state index is -1.39. The van der Waals surface area contributed by atoms with Gasteiger partial charge in [0.05, 0.1) is 14.2 Å². The second-order valence-electron chi connectivity index (χ2n) is 12.4. The minimum absolute atomic E-state index is 0.0806. The summed E-state index contributed by atoms with van der Waals surface area (Å²) in [5.74, 6) is 1.33. The lowest BCUT2D eigenvalue weighted by Crippen LogP contribution is -2.62. The molecule has 3 aromatic rings. The van der Waals surface area contributed by atoms with Crippen LogP contribution in [0.15, 0.2) is 113 Å². The number of methoxy groups -OCH3 is 4. The molecule has 1 heterocycles. The van der Waals surface area contributed by atoms with Crippen LogP contribution in [0.25, 0.3) is 11.6 Å². The SMILES string of the molecule is COC1=CC2=C(c3ccc(OC)c(=O)cc3C=CC2)C(OC)[C@]1(NC(=S)Nc1ccc(C2c3ccc(O)cc3OC3=CC(=O)C=CC32)cc1)OC. The number of hydrogen-bond donors (Lipinski definition) is 3. The Morgan fingerprint density at radius 2 is 1.76 bits per heavy atom. The van der Waals surface area contributed by atoms with Crippen LogP contribution in [-0.2, 0) is 19.0 Å². The first-order valence-electron chi connectivity index (χ1n) is 16.3. The summed E-state index contributed by atoms with van der Waals surface area (Å²) in [6.45, 7) is 0. The summed E-state index contributed by atoms with van der Waals surface area (Å²) in [6.07, 6.45) is 10.6. The van der Waals surface area contributed by atoms with Crippen molar-refractivity contribution in [1.29, 1.82) is 0 Å². The molecule has 0 amide bonds. The van der Waals surface area contributed by atoms with Crippen LogP contribution in [-0.4, -0.2) is 56.3 Å². The monoisotopic (exact) mass is 704 g/mol.